The Bertz CT molecular complexity index is 753. The van der Waals surface area contributed by atoms with Crippen LogP contribution < -0.4 is 5.32 Å². The molecule has 1 aromatic carbocycles. The maximum Gasteiger partial charge on any atom is 0.344 e. The minimum absolute atomic E-state index is 0.0791. The number of nitrogens with one attached hydrogen (secondary N) is 1. The lowest BCUT2D eigenvalue weighted by Gasteiger charge is -2.21. The molecular formula is C12H10ClF4N3O2S. The third-order valence-electron chi connectivity index (χ3n) is 3.65. The van der Waals surface area contributed by atoms with Crippen molar-refractivity contribution in [2.45, 2.75) is 30.6 Å². The van der Waals surface area contributed by atoms with Crippen molar-refractivity contribution in [1.82, 2.24) is 10.3 Å². The molecule has 1 fully saturated rings. The fourth-order valence-electron chi connectivity index (χ4n) is 2.64. The molecule has 2 aliphatic heterocycles. The van der Waals surface area contributed by atoms with Gasteiger partial charge in [0.25, 0.3) is 9.84 Å². The first-order valence-corrected chi connectivity index (χ1v) is 8.38. The van der Waals surface area contributed by atoms with Crippen molar-refractivity contribution in [3.8, 4) is 0 Å². The third kappa shape index (κ3) is 2.74. The molecule has 0 radical (unpaired) electrons. The molecule has 1 saturated heterocycles. The number of alkyl halides is 3. The highest BCUT2D eigenvalue weighted by Gasteiger charge is 2.49. The first-order valence-electron chi connectivity index (χ1n) is 6.46. The van der Waals surface area contributed by atoms with E-state index in [1.54, 1.807) is 0 Å². The van der Waals surface area contributed by atoms with E-state index in [4.69, 9.17) is 11.6 Å². The van der Waals surface area contributed by atoms with E-state index in [2.05, 4.69) is 10.4 Å². The molecule has 0 bridgehead atoms. The van der Waals surface area contributed by atoms with Crippen molar-refractivity contribution < 1.29 is 26.0 Å². The molecule has 23 heavy (non-hydrogen) atoms. The summed E-state index contributed by atoms with van der Waals surface area (Å²) in [5.41, 5.74) is 0.279. The number of amidine groups is 1. The van der Waals surface area contributed by atoms with E-state index in [1.807, 2.05) is 0 Å². The van der Waals surface area contributed by atoms with Gasteiger partial charge in [-0.3, -0.25) is 5.01 Å². The second kappa shape index (κ2) is 5.52. The molecule has 0 aliphatic carbocycles. The monoisotopic (exact) mass is 371 g/mol. The number of nitrogens with zero attached hydrogens (tertiary/aromatic N) is 2. The molecule has 1 N–H and O–H groups in total. The van der Waals surface area contributed by atoms with Gasteiger partial charge >= 0.3 is 5.76 Å². The van der Waals surface area contributed by atoms with E-state index in [-0.39, 0.29) is 17.0 Å². The highest BCUT2D eigenvalue weighted by Crippen LogP contribution is 2.40. The van der Waals surface area contributed by atoms with Gasteiger partial charge in [-0.05, 0) is 23.8 Å². The van der Waals surface area contributed by atoms with Gasteiger partial charge in [-0.1, -0.05) is 11.6 Å². The Hall–Kier alpha value is -1.55. The van der Waals surface area contributed by atoms with Gasteiger partial charge in [-0.25, -0.2) is 17.2 Å². The van der Waals surface area contributed by atoms with Crippen LogP contribution in [0.4, 0.5) is 17.6 Å². The molecule has 5 nitrogen and oxygen atoms in total. The molecule has 3 rings (SSSR count). The molecule has 3 atom stereocenters. The van der Waals surface area contributed by atoms with Crippen LogP contribution >= 0.6 is 11.6 Å². The maximum absolute atomic E-state index is 14.1. The van der Waals surface area contributed by atoms with Crippen LogP contribution in [0.1, 0.15) is 18.0 Å². The van der Waals surface area contributed by atoms with E-state index < -0.39 is 45.0 Å². The first-order chi connectivity index (χ1) is 10.7. The number of hydrazone groups is 1. The lowest BCUT2D eigenvalue weighted by atomic mass is 10.0. The number of rotatable bonds is 2. The van der Waals surface area contributed by atoms with Crippen molar-refractivity contribution in [3.05, 3.63) is 34.6 Å². The highest BCUT2D eigenvalue weighted by molar-refractivity contribution is 8.06. The summed E-state index contributed by atoms with van der Waals surface area (Å²) in [6, 6.07) is 2.74. The van der Waals surface area contributed by atoms with E-state index in [1.165, 1.54) is 6.07 Å². The molecule has 0 spiro atoms. The van der Waals surface area contributed by atoms with Crippen LogP contribution in [0.5, 0.6) is 0 Å². The zero-order chi connectivity index (χ0) is 16.9. The normalized spacial score (nSPS) is 27.1. The highest BCUT2D eigenvalue weighted by atomic mass is 35.5. The standard InChI is InChI=1S/C12H10ClF4N3O2S/c13-6-1-5(2-7(14)3-6)9-4-8(15)10-18-12(19-20(9)10)23(21,22)11(16)17/h1-3,8-11H,4H2,(H,18,19)/t8-,9-,10?/m0/s1. The summed E-state index contributed by atoms with van der Waals surface area (Å²) in [4.78, 5) is 0. The van der Waals surface area contributed by atoms with Crippen LogP contribution in [0, 0.1) is 5.82 Å². The second-order valence-electron chi connectivity index (χ2n) is 5.15. The summed E-state index contributed by atoms with van der Waals surface area (Å²) in [6.45, 7) is 0. The van der Waals surface area contributed by atoms with Gasteiger partial charge in [0.2, 0.25) is 5.17 Å². The van der Waals surface area contributed by atoms with Crippen molar-refractivity contribution in [1.29, 1.82) is 0 Å². The number of benzene rings is 1. The molecule has 1 unspecified atom stereocenters. The van der Waals surface area contributed by atoms with E-state index >= 15 is 0 Å². The fourth-order valence-corrected chi connectivity index (χ4v) is 3.53. The van der Waals surface area contributed by atoms with Gasteiger partial charge in [-0.2, -0.15) is 8.78 Å². The molecule has 2 aliphatic rings. The lowest BCUT2D eigenvalue weighted by Crippen LogP contribution is -2.42. The van der Waals surface area contributed by atoms with Crippen LogP contribution in [0.2, 0.25) is 5.02 Å². The van der Waals surface area contributed by atoms with E-state index in [0.717, 1.165) is 17.1 Å². The van der Waals surface area contributed by atoms with Gasteiger partial charge in [0.05, 0.1) is 6.04 Å². The van der Waals surface area contributed by atoms with Crippen LogP contribution in [-0.4, -0.2) is 36.7 Å². The molecule has 0 amide bonds. The van der Waals surface area contributed by atoms with E-state index in [9.17, 15) is 26.0 Å². The lowest BCUT2D eigenvalue weighted by molar-refractivity contribution is 0.180. The van der Waals surface area contributed by atoms with Crippen LogP contribution in [-0.2, 0) is 9.84 Å². The van der Waals surface area contributed by atoms with Gasteiger partial charge in [0.1, 0.15) is 18.2 Å². The molecular weight excluding hydrogens is 362 g/mol. The zero-order valence-corrected chi connectivity index (χ0v) is 12.8. The zero-order valence-electron chi connectivity index (χ0n) is 11.3. The number of hydrogen-bond donors (Lipinski definition) is 1. The fraction of sp³-hybridized carbons (Fsp3) is 0.417. The summed E-state index contributed by atoms with van der Waals surface area (Å²) in [5, 5.41) is 5.84. The van der Waals surface area contributed by atoms with Crippen molar-refractivity contribution >= 4 is 26.6 Å². The number of fused-ring (bicyclic) bond motifs is 1. The minimum Gasteiger partial charge on any atom is -0.335 e. The predicted octanol–water partition coefficient (Wildman–Crippen LogP) is 2.40. The topological polar surface area (TPSA) is 61.8 Å². The van der Waals surface area contributed by atoms with Gasteiger partial charge in [-0.15, -0.1) is 5.10 Å². The molecule has 1 aromatic rings. The maximum atomic E-state index is 14.1. The number of halogens is 5. The summed E-state index contributed by atoms with van der Waals surface area (Å²) >= 11 is 5.75. The Kier molecular flexibility index (Phi) is 3.91. The van der Waals surface area contributed by atoms with Crippen LogP contribution in [0.15, 0.2) is 23.3 Å². The van der Waals surface area contributed by atoms with Gasteiger partial charge in [0.15, 0.2) is 0 Å². The first kappa shape index (κ1) is 16.3. The van der Waals surface area contributed by atoms with Crippen molar-refractivity contribution in [3.63, 3.8) is 0 Å². The van der Waals surface area contributed by atoms with Crippen LogP contribution in [0.3, 0.4) is 0 Å². The summed E-state index contributed by atoms with van der Waals surface area (Å²) in [5.74, 6) is -4.32. The van der Waals surface area contributed by atoms with Crippen molar-refractivity contribution in [2.24, 2.45) is 5.10 Å². The van der Waals surface area contributed by atoms with E-state index in [0.29, 0.717) is 0 Å². The predicted molar refractivity (Wildman–Crippen MR) is 74.8 cm³/mol. The third-order valence-corrected chi connectivity index (χ3v) is 5.07. The average molecular weight is 372 g/mol. The Morgan fingerprint density at radius 1 is 1.35 bits per heavy atom. The molecule has 0 aromatic heterocycles. The minimum atomic E-state index is -4.97. The van der Waals surface area contributed by atoms with Gasteiger partial charge in [0, 0.05) is 11.4 Å². The quantitative estimate of drug-likeness (QED) is 0.811. The van der Waals surface area contributed by atoms with Gasteiger partial charge < -0.3 is 5.32 Å². The molecule has 0 saturated carbocycles. The summed E-state index contributed by atoms with van der Waals surface area (Å²) < 4.78 is 75.6. The Balaban J connectivity index is 1.98. The molecule has 126 valence electrons. The average Bonchev–Trinajstić information content (AvgIpc) is 2.99. The Morgan fingerprint density at radius 2 is 2.04 bits per heavy atom. The number of hydrogen-bond acceptors (Lipinski definition) is 5. The van der Waals surface area contributed by atoms with Crippen LogP contribution in [0.25, 0.3) is 0 Å². The second-order valence-corrected chi connectivity index (χ2v) is 7.42. The smallest absolute Gasteiger partial charge is 0.335 e. The SMILES string of the molecule is O=S(=O)(C1=NN2C(N1)[C@@H](F)C[C@H]2c1cc(F)cc(Cl)c1)C(F)F. The number of sulfone groups is 1. The molecule has 11 heteroatoms. The summed E-state index contributed by atoms with van der Waals surface area (Å²) in [6.07, 6.45) is -2.88. The largest absolute Gasteiger partial charge is 0.344 e. The summed E-state index contributed by atoms with van der Waals surface area (Å²) in [7, 11) is -4.97. The van der Waals surface area contributed by atoms with Crippen molar-refractivity contribution in [2.75, 3.05) is 0 Å². The molecule has 2 heterocycles. The Labute approximate surface area is 133 Å². The Morgan fingerprint density at radius 3 is 2.65 bits per heavy atom.